The van der Waals surface area contributed by atoms with E-state index >= 15 is 0 Å². The second kappa shape index (κ2) is 3.88. The lowest BCUT2D eigenvalue weighted by molar-refractivity contribution is -0.116. The first-order chi connectivity index (χ1) is 5.38. The Labute approximate surface area is 65.8 Å². The van der Waals surface area contributed by atoms with E-state index in [4.69, 9.17) is 4.74 Å². The van der Waals surface area contributed by atoms with E-state index in [9.17, 15) is 4.79 Å². The van der Waals surface area contributed by atoms with Crippen molar-refractivity contribution in [2.45, 2.75) is 6.10 Å². The molecule has 1 unspecified atom stereocenters. The van der Waals surface area contributed by atoms with Gasteiger partial charge >= 0.3 is 0 Å². The van der Waals surface area contributed by atoms with Crippen LogP contribution in [-0.4, -0.2) is 13.4 Å². The number of ether oxygens (including phenoxy) is 1. The van der Waals surface area contributed by atoms with Crippen LogP contribution in [0.5, 0.6) is 0 Å². The van der Waals surface area contributed by atoms with Crippen molar-refractivity contribution in [3.8, 4) is 0 Å². The summed E-state index contributed by atoms with van der Waals surface area (Å²) in [6.07, 6.45) is 0.367. The minimum Gasteiger partial charge on any atom is -0.369 e. The SMILES string of the molecule is COC(C=O)c1ccccc1. The van der Waals surface area contributed by atoms with Gasteiger partial charge in [-0.2, -0.15) is 0 Å². The van der Waals surface area contributed by atoms with Crippen LogP contribution in [-0.2, 0) is 9.53 Å². The average Bonchev–Trinajstić information content (AvgIpc) is 2.09. The summed E-state index contributed by atoms with van der Waals surface area (Å²) in [4.78, 5) is 10.4. The number of aldehydes is 1. The number of benzene rings is 1. The van der Waals surface area contributed by atoms with E-state index in [1.165, 1.54) is 7.11 Å². The maximum absolute atomic E-state index is 10.4. The molecular weight excluding hydrogens is 140 g/mol. The lowest BCUT2D eigenvalue weighted by atomic mass is 10.1. The van der Waals surface area contributed by atoms with Gasteiger partial charge in [0.1, 0.15) is 6.10 Å². The second-order valence-corrected chi connectivity index (χ2v) is 2.20. The molecule has 0 amide bonds. The van der Waals surface area contributed by atoms with Crippen molar-refractivity contribution < 1.29 is 9.53 Å². The third kappa shape index (κ3) is 1.88. The number of rotatable bonds is 3. The highest BCUT2D eigenvalue weighted by atomic mass is 16.5. The highest BCUT2D eigenvalue weighted by Crippen LogP contribution is 2.12. The average molecular weight is 150 g/mol. The Morgan fingerprint density at radius 3 is 2.45 bits per heavy atom. The van der Waals surface area contributed by atoms with Gasteiger partial charge in [0, 0.05) is 7.11 Å². The molecule has 11 heavy (non-hydrogen) atoms. The Bertz CT molecular complexity index is 218. The van der Waals surface area contributed by atoms with Gasteiger partial charge in [-0.3, -0.25) is 0 Å². The zero-order chi connectivity index (χ0) is 8.10. The van der Waals surface area contributed by atoms with E-state index in [1.807, 2.05) is 30.3 Å². The quantitative estimate of drug-likeness (QED) is 0.611. The molecule has 0 N–H and O–H groups in total. The molecule has 1 aromatic rings. The highest BCUT2D eigenvalue weighted by molar-refractivity contribution is 5.59. The molecular formula is C9H10O2. The van der Waals surface area contributed by atoms with Gasteiger partial charge in [0.2, 0.25) is 0 Å². The van der Waals surface area contributed by atoms with Crippen LogP contribution in [0.2, 0.25) is 0 Å². The molecule has 0 heterocycles. The van der Waals surface area contributed by atoms with Crippen molar-refractivity contribution in [3.63, 3.8) is 0 Å². The van der Waals surface area contributed by atoms with Crippen LogP contribution in [0.15, 0.2) is 30.3 Å². The topological polar surface area (TPSA) is 26.3 Å². The second-order valence-electron chi connectivity index (χ2n) is 2.20. The third-order valence-corrected chi connectivity index (χ3v) is 1.51. The zero-order valence-electron chi connectivity index (χ0n) is 6.36. The molecule has 0 saturated carbocycles. The normalized spacial score (nSPS) is 12.5. The van der Waals surface area contributed by atoms with Crippen LogP contribution in [0, 0.1) is 0 Å². The molecule has 0 saturated heterocycles. The number of hydrogen-bond acceptors (Lipinski definition) is 2. The Kier molecular flexibility index (Phi) is 2.81. The lowest BCUT2D eigenvalue weighted by Crippen LogP contribution is -2.01. The van der Waals surface area contributed by atoms with Crippen LogP contribution in [0.3, 0.4) is 0 Å². The van der Waals surface area contributed by atoms with Gasteiger partial charge < -0.3 is 9.53 Å². The highest BCUT2D eigenvalue weighted by Gasteiger charge is 2.05. The summed E-state index contributed by atoms with van der Waals surface area (Å²) in [7, 11) is 1.52. The van der Waals surface area contributed by atoms with Gasteiger partial charge in [-0.05, 0) is 5.56 Å². The fourth-order valence-electron chi connectivity index (χ4n) is 0.913. The first-order valence-corrected chi connectivity index (χ1v) is 3.41. The molecule has 0 aliphatic heterocycles. The summed E-state index contributed by atoms with van der Waals surface area (Å²) in [6, 6.07) is 9.39. The number of carbonyl (C=O) groups is 1. The molecule has 58 valence electrons. The maximum Gasteiger partial charge on any atom is 0.153 e. The molecule has 0 aliphatic carbocycles. The van der Waals surface area contributed by atoms with E-state index in [0.717, 1.165) is 11.8 Å². The smallest absolute Gasteiger partial charge is 0.153 e. The Morgan fingerprint density at radius 2 is 2.00 bits per heavy atom. The third-order valence-electron chi connectivity index (χ3n) is 1.51. The molecule has 1 rings (SSSR count). The first kappa shape index (κ1) is 7.95. The largest absolute Gasteiger partial charge is 0.369 e. The summed E-state index contributed by atoms with van der Waals surface area (Å²) in [6.45, 7) is 0. The maximum atomic E-state index is 10.4. The molecule has 0 spiro atoms. The van der Waals surface area contributed by atoms with Crippen molar-refractivity contribution in [2.75, 3.05) is 7.11 Å². The van der Waals surface area contributed by atoms with E-state index in [2.05, 4.69) is 0 Å². The fourth-order valence-corrected chi connectivity index (χ4v) is 0.913. The van der Waals surface area contributed by atoms with Gasteiger partial charge in [0.05, 0.1) is 0 Å². The van der Waals surface area contributed by atoms with Crippen LogP contribution >= 0.6 is 0 Å². The summed E-state index contributed by atoms with van der Waals surface area (Å²) >= 11 is 0. The lowest BCUT2D eigenvalue weighted by Gasteiger charge is -2.06. The van der Waals surface area contributed by atoms with Gasteiger partial charge in [0.15, 0.2) is 6.29 Å². The monoisotopic (exact) mass is 150 g/mol. The number of hydrogen-bond donors (Lipinski definition) is 0. The molecule has 0 aliphatic rings. The van der Waals surface area contributed by atoms with Crippen LogP contribution in [0.25, 0.3) is 0 Å². The molecule has 1 aromatic carbocycles. The zero-order valence-corrected chi connectivity index (χ0v) is 6.36. The van der Waals surface area contributed by atoms with Crippen molar-refractivity contribution in [2.24, 2.45) is 0 Å². The number of methoxy groups -OCH3 is 1. The van der Waals surface area contributed by atoms with E-state index in [0.29, 0.717) is 0 Å². The molecule has 0 radical (unpaired) electrons. The molecule has 2 nitrogen and oxygen atoms in total. The molecule has 0 aromatic heterocycles. The fraction of sp³-hybridized carbons (Fsp3) is 0.222. The van der Waals surface area contributed by atoms with E-state index in [1.54, 1.807) is 0 Å². The molecule has 0 fully saturated rings. The summed E-state index contributed by atoms with van der Waals surface area (Å²) in [5.41, 5.74) is 0.894. The molecule has 1 atom stereocenters. The summed E-state index contributed by atoms with van der Waals surface area (Å²) in [5, 5.41) is 0. The van der Waals surface area contributed by atoms with Crippen molar-refractivity contribution in [1.82, 2.24) is 0 Å². The Morgan fingerprint density at radius 1 is 1.36 bits per heavy atom. The standard InChI is InChI=1S/C9H10O2/c1-11-9(7-10)8-5-3-2-4-6-8/h2-7,9H,1H3. The number of carbonyl (C=O) groups excluding carboxylic acids is 1. The van der Waals surface area contributed by atoms with Crippen molar-refractivity contribution in [1.29, 1.82) is 0 Å². The van der Waals surface area contributed by atoms with Crippen LogP contribution in [0.1, 0.15) is 11.7 Å². The summed E-state index contributed by atoms with van der Waals surface area (Å²) < 4.78 is 4.92. The van der Waals surface area contributed by atoms with Gasteiger partial charge in [-0.1, -0.05) is 30.3 Å². The van der Waals surface area contributed by atoms with Gasteiger partial charge in [0.25, 0.3) is 0 Å². The van der Waals surface area contributed by atoms with Crippen molar-refractivity contribution in [3.05, 3.63) is 35.9 Å². The van der Waals surface area contributed by atoms with E-state index in [-0.39, 0.29) is 0 Å². The Balaban J connectivity index is 2.82. The minimum atomic E-state index is -0.420. The van der Waals surface area contributed by atoms with Crippen LogP contribution in [0.4, 0.5) is 0 Å². The summed E-state index contributed by atoms with van der Waals surface area (Å²) in [5.74, 6) is 0. The molecule has 0 bridgehead atoms. The Hall–Kier alpha value is -1.15. The van der Waals surface area contributed by atoms with Gasteiger partial charge in [-0.15, -0.1) is 0 Å². The predicted molar refractivity (Wildman–Crippen MR) is 42.3 cm³/mol. The van der Waals surface area contributed by atoms with Gasteiger partial charge in [-0.25, -0.2) is 0 Å². The molecule has 2 heteroatoms. The predicted octanol–water partition coefficient (Wildman–Crippen LogP) is 1.57. The minimum absolute atomic E-state index is 0.420. The van der Waals surface area contributed by atoms with Crippen molar-refractivity contribution >= 4 is 6.29 Å². The first-order valence-electron chi connectivity index (χ1n) is 3.41. The van der Waals surface area contributed by atoms with Crippen LogP contribution < -0.4 is 0 Å². The van der Waals surface area contributed by atoms with E-state index < -0.39 is 6.10 Å².